The number of hydrogen-bond acceptors (Lipinski definition) is 4. The second-order valence-corrected chi connectivity index (χ2v) is 7.24. The maximum atomic E-state index is 12.7. The van der Waals surface area contributed by atoms with Crippen LogP contribution in [0.1, 0.15) is 18.6 Å². The summed E-state index contributed by atoms with van der Waals surface area (Å²) < 4.78 is 31.9. The molecule has 1 heterocycles. The molecule has 124 valence electrons. The van der Waals surface area contributed by atoms with Crippen molar-refractivity contribution in [3.8, 4) is 0 Å². The lowest BCUT2D eigenvalue weighted by Crippen LogP contribution is -2.31. The minimum atomic E-state index is -3.77. The molecular formula is C15H16ClNO5S. The molecule has 0 bridgehead atoms. The minimum absolute atomic E-state index is 0.0393. The van der Waals surface area contributed by atoms with Crippen molar-refractivity contribution in [2.24, 2.45) is 0 Å². The van der Waals surface area contributed by atoms with Gasteiger partial charge in [0.1, 0.15) is 5.76 Å². The first-order valence-corrected chi connectivity index (χ1v) is 8.71. The SMILES string of the molecule is O=C(O)CCCN(Cc1ccco1)S(=O)(=O)c1ccc(Cl)cc1. The van der Waals surface area contributed by atoms with E-state index in [1.807, 2.05) is 0 Å². The molecular weight excluding hydrogens is 342 g/mol. The van der Waals surface area contributed by atoms with Crippen LogP contribution in [0.2, 0.25) is 5.02 Å². The predicted molar refractivity (Wildman–Crippen MR) is 84.6 cm³/mol. The molecule has 8 heteroatoms. The highest BCUT2D eigenvalue weighted by atomic mass is 35.5. The Bertz CT molecular complexity index is 741. The lowest BCUT2D eigenvalue weighted by atomic mass is 10.3. The van der Waals surface area contributed by atoms with E-state index in [-0.39, 0.29) is 30.8 Å². The Morgan fingerprint density at radius 3 is 2.48 bits per heavy atom. The molecule has 0 aliphatic carbocycles. The van der Waals surface area contributed by atoms with Crippen molar-refractivity contribution in [2.75, 3.05) is 6.54 Å². The standard InChI is InChI=1S/C15H16ClNO5S/c16-12-5-7-14(8-6-12)23(20,21)17(9-1-4-15(18)19)11-13-3-2-10-22-13/h2-3,5-8,10H,1,4,9,11H2,(H,18,19). The molecule has 2 rings (SSSR count). The van der Waals surface area contributed by atoms with Crippen molar-refractivity contribution < 1.29 is 22.7 Å². The molecule has 0 fully saturated rings. The number of rotatable bonds is 8. The number of sulfonamides is 1. The predicted octanol–water partition coefficient (Wildman–Crippen LogP) is 2.99. The Balaban J connectivity index is 2.23. The third kappa shape index (κ3) is 4.82. The third-order valence-corrected chi connectivity index (χ3v) is 5.27. The summed E-state index contributed by atoms with van der Waals surface area (Å²) in [4.78, 5) is 10.8. The Labute approximate surface area is 139 Å². The van der Waals surface area contributed by atoms with E-state index in [4.69, 9.17) is 21.1 Å². The van der Waals surface area contributed by atoms with Crippen LogP contribution in [0.4, 0.5) is 0 Å². The number of aliphatic carboxylic acids is 1. The Hall–Kier alpha value is -1.83. The molecule has 1 aromatic carbocycles. The minimum Gasteiger partial charge on any atom is -0.481 e. The van der Waals surface area contributed by atoms with Crippen molar-refractivity contribution >= 4 is 27.6 Å². The second kappa shape index (κ2) is 7.63. The maximum absolute atomic E-state index is 12.7. The number of halogens is 1. The van der Waals surface area contributed by atoms with E-state index in [0.29, 0.717) is 10.8 Å². The molecule has 6 nitrogen and oxygen atoms in total. The second-order valence-electron chi connectivity index (χ2n) is 4.87. The van der Waals surface area contributed by atoms with Crippen molar-refractivity contribution in [1.29, 1.82) is 0 Å². The molecule has 0 saturated carbocycles. The van der Waals surface area contributed by atoms with Crippen LogP contribution < -0.4 is 0 Å². The number of hydrogen-bond donors (Lipinski definition) is 1. The molecule has 0 unspecified atom stereocenters. The van der Waals surface area contributed by atoms with Gasteiger partial charge in [0, 0.05) is 18.0 Å². The molecule has 0 saturated heterocycles. The van der Waals surface area contributed by atoms with Gasteiger partial charge in [-0.2, -0.15) is 4.31 Å². The quantitative estimate of drug-likeness (QED) is 0.784. The van der Waals surface area contributed by atoms with Gasteiger partial charge >= 0.3 is 5.97 Å². The van der Waals surface area contributed by atoms with Crippen LogP contribution >= 0.6 is 11.6 Å². The molecule has 0 atom stereocenters. The van der Waals surface area contributed by atoms with E-state index in [2.05, 4.69) is 0 Å². The normalized spacial score (nSPS) is 11.7. The summed E-state index contributed by atoms with van der Waals surface area (Å²) >= 11 is 5.79. The summed E-state index contributed by atoms with van der Waals surface area (Å²) in [6, 6.07) is 9.17. The number of carboxylic acids is 1. The topological polar surface area (TPSA) is 87.8 Å². The van der Waals surface area contributed by atoms with Gasteiger partial charge in [0.25, 0.3) is 0 Å². The van der Waals surface area contributed by atoms with Crippen molar-refractivity contribution in [3.05, 3.63) is 53.4 Å². The van der Waals surface area contributed by atoms with Gasteiger partial charge in [-0.3, -0.25) is 4.79 Å². The highest BCUT2D eigenvalue weighted by Crippen LogP contribution is 2.21. The highest BCUT2D eigenvalue weighted by molar-refractivity contribution is 7.89. The summed E-state index contributed by atoms with van der Waals surface area (Å²) in [5.74, 6) is -0.482. The maximum Gasteiger partial charge on any atom is 0.303 e. The zero-order chi connectivity index (χ0) is 16.9. The molecule has 0 aliphatic rings. The van der Waals surface area contributed by atoms with Gasteiger partial charge in [-0.25, -0.2) is 8.42 Å². The molecule has 0 aliphatic heterocycles. The fraction of sp³-hybridized carbons (Fsp3) is 0.267. The van der Waals surface area contributed by atoms with Gasteiger partial charge in [0.05, 0.1) is 17.7 Å². The average molecular weight is 358 g/mol. The van der Waals surface area contributed by atoms with Crippen LogP contribution in [0.15, 0.2) is 52.0 Å². The van der Waals surface area contributed by atoms with Crippen molar-refractivity contribution in [1.82, 2.24) is 4.31 Å². The van der Waals surface area contributed by atoms with Gasteiger partial charge in [-0.05, 0) is 42.8 Å². The third-order valence-electron chi connectivity index (χ3n) is 3.16. The monoisotopic (exact) mass is 357 g/mol. The first-order valence-electron chi connectivity index (χ1n) is 6.89. The highest BCUT2D eigenvalue weighted by Gasteiger charge is 2.25. The lowest BCUT2D eigenvalue weighted by Gasteiger charge is -2.21. The van der Waals surface area contributed by atoms with Crippen LogP contribution in [0.3, 0.4) is 0 Å². The van der Waals surface area contributed by atoms with Crippen molar-refractivity contribution in [2.45, 2.75) is 24.3 Å². The molecule has 0 amide bonds. The molecule has 0 spiro atoms. The van der Waals surface area contributed by atoms with Crippen LogP contribution in [0, 0.1) is 0 Å². The van der Waals surface area contributed by atoms with Crippen LogP contribution in [0.5, 0.6) is 0 Å². The summed E-state index contributed by atoms with van der Waals surface area (Å²) in [5, 5.41) is 9.17. The number of carboxylic acid groups (broad SMARTS) is 1. The zero-order valence-corrected chi connectivity index (χ0v) is 13.8. The smallest absolute Gasteiger partial charge is 0.303 e. The summed E-state index contributed by atoms with van der Waals surface area (Å²) in [5.41, 5.74) is 0. The number of benzene rings is 1. The average Bonchev–Trinajstić information content (AvgIpc) is 2.99. The van der Waals surface area contributed by atoms with E-state index in [1.165, 1.54) is 34.8 Å². The van der Waals surface area contributed by atoms with E-state index < -0.39 is 16.0 Å². The van der Waals surface area contributed by atoms with Gasteiger partial charge in [-0.1, -0.05) is 11.6 Å². The summed E-state index contributed by atoms with van der Waals surface area (Å²) in [6.07, 6.45) is 1.56. The Morgan fingerprint density at radius 2 is 1.91 bits per heavy atom. The van der Waals surface area contributed by atoms with E-state index in [0.717, 1.165) is 0 Å². The molecule has 1 N–H and O–H groups in total. The van der Waals surface area contributed by atoms with Gasteiger partial charge in [0.2, 0.25) is 10.0 Å². The fourth-order valence-corrected chi connectivity index (χ4v) is 3.59. The summed E-state index contributed by atoms with van der Waals surface area (Å²) in [6.45, 7) is 0.121. The zero-order valence-electron chi connectivity index (χ0n) is 12.2. The first kappa shape index (κ1) is 17.5. The largest absolute Gasteiger partial charge is 0.481 e. The number of carbonyl (C=O) groups is 1. The Morgan fingerprint density at radius 1 is 1.22 bits per heavy atom. The molecule has 1 aromatic heterocycles. The van der Waals surface area contributed by atoms with Gasteiger partial charge in [-0.15, -0.1) is 0 Å². The van der Waals surface area contributed by atoms with Crippen LogP contribution in [-0.4, -0.2) is 30.3 Å². The fourth-order valence-electron chi connectivity index (χ4n) is 2.02. The number of nitrogens with zero attached hydrogens (tertiary/aromatic N) is 1. The lowest BCUT2D eigenvalue weighted by molar-refractivity contribution is -0.137. The van der Waals surface area contributed by atoms with Crippen LogP contribution in [-0.2, 0) is 21.4 Å². The van der Waals surface area contributed by atoms with Crippen molar-refractivity contribution in [3.63, 3.8) is 0 Å². The first-order chi connectivity index (χ1) is 10.9. The molecule has 2 aromatic rings. The van der Waals surface area contributed by atoms with Gasteiger partial charge in [0.15, 0.2) is 0 Å². The molecule has 23 heavy (non-hydrogen) atoms. The van der Waals surface area contributed by atoms with Crippen LogP contribution in [0.25, 0.3) is 0 Å². The van der Waals surface area contributed by atoms with E-state index in [9.17, 15) is 13.2 Å². The van der Waals surface area contributed by atoms with E-state index >= 15 is 0 Å². The van der Waals surface area contributed by atoms with Gasteiger partial charge < -0.3 is 9.52 Å². The Kier molecular flexibility index (Phi) is 5.81. The number of furan rings is 1. The van der Waals surface area contributed by atoms with E-state index in [1.54, 1.807) is 12.1 Å². The summed E-state index contributed by atoms with van der Waals surface area (Å²) in [7, 11) is -3.77. The molecule has 0 radical (unpaired) electrons.